The van der Waals surface area contributed by atoms with Crippen molar-refractivity contribution in [2.75, 3.05) is 17.2 Å². The number of anilines is 3. The fourth-order valence-corrected chi connectivity index (χ4v) is 2.75. The van der Waals surface area contributed by atoms with Gasteiger partial charge >= 0.3 is 0 Å². The van der Waals surface area contributed by atoms with E-state index in [0.717, 1.165) is 17.8 Å². The number of nitrogens with zero attached hydrogens (tertiary/aromatic N) is 3. The van der Waals surface area contributed by atoms with Crippen LogP contribution in [0.2, 0.25) is 5.02 Å². The molecule has 11 heteroatoms. The van der Waals surface area contributed by atoms with Crippen LogP contribution in [0.1, 0.15) is 22.6 Å². The predicted molar refractivity (Wildman–Crippen MR) is 92.8 cm³/mol. The summed E-state index contributed by atoms with van der Waals surface area (Å²) in [5.74, 6) is -0.330. The molecule has 1 amide bonds. The number of rotatable bonds is 8. The smallest absolute Gasteiger partial charge is 0.271 e. The Balaban J connectivity index is 2.32. The zero-order chi connectivity index (χ0) is 17.7. The Labute approximate surface area is 147 Å². The average Bonchev–Trinajstić information content (AvgIpc) is 2.86. The standard InChI is InChI=1S/C13H16ClN7O2S/c1-6-9(14)13(24-21-6)20-12-10(11(16)23)17-4-8(19-12)18-7(5-22)2-3-15/h4-5,7H,2-3,15H2,1H3,(H2,16,23)(H2,18,19,20). The molecule has 2 heterocycles. The van der Waals surface area contributed by atoms with Crippen LogP contribution in [0, 0.1) is 6.92 Å². The third-order valence-electron chi connectivity index (χ3n) is 3.00. The molecule has 1 unspecified atom stereocenters. The Morgan fingerprint density at radius 2 is 2.29 bits per heavy atom. The number of aromatic nitrogens is 3. The molecular weight excluding hydrogens is 354 g/mol. The SMILES string of the molecule is Cc1nsc(Nc2nc(NC(C=O)CCN)cnc2C(N)=O)c1Cl. The molecule has 0 aromatic carbocycles. The normalized spacial score (nSPS) is 11.8. The number of hydrogen-bond donors (Lipinski definition) is 4. The third kappa shape index (κ3) is 4.16. The highest BCUT2D eigenvalue weighted by molar-refractivity contribution is 7.11. The van der Waals surface area contributed by atoms with Gasteiger partial charge in [-0.05, 0) is 31.4 Å². The van der Waals surface area contributed by atoms with Crippen LogP contribution in [-0.2, 0) is 4.79 Å². The summed E-state index contributed by atoms with van der Waals surface area (Å²) < 4.78 is 4.10. The zero-order valence-corrected chi connectivity index (χ0v) is 14.3. The van der Waals surface area contributed by atoms with Gasteiger partial charge in [0.2, 0.25) is 0 Å². The van der Waals surface area contributed by atoms with Crippen molar-refractivity contribution in [3.8, 4) is 0 Å². The molecule has 0 fully saturated rings. The maximum atomic E-state index is 11.5. The van der Waals surface area contributed by atoms with Crippen LogP contribution in [0.3, 0.4) is 0 Å². The second kappa shape index (κ2) is 7.99. The lowest BCUT2D eigenvalue weighted by Gasteiger charge is -2.14. The van der Waals surface area contributed by atoms with Gasteiger partial charge in [0.1, 0.15) is 17.1 Å². The Hall–Kier alpha value is -2.30. The topological polar surface area (TPSA) is 149 Å². The van der Waals surface area contributed by atoms with Crippen molar-refractivity contribution in [2.24, 2.45) is 11.5 Å². The van der Waals surface area contributed by atoms with Crippen molar-refractivity contribution in [2.45, 2.75) is 19.4 Å². The molecule has 0 bridgehead atoms. The van der Waals surface area contributed by atoms with E-state index in [4.69, 9.17) is 23.1 Å². The molecule has 6 N–H and O–H groups in total. The summed E-state index contributed by atoms with van der Waals surface area (Å²) in [5, 5.41) is 6.72. The molecule has 1 atom stereocenters. The monoisotopic (exact) mass is 369 g/mol. The summed E-state index contributed by atoms with van der Waals surface area (Å²) in [4.78, 5) is 30.8. The first-order chi connectivity index (χ1) is 11.5. The first kappa shape index (κ1) is 18.0. The van der Waals surface area contributed by atoms with Crippen molar-refractivity contribution < 1.29 is 9.59 Å². The molecule has 2 rings (SSSR count). The van der Waals surface area contributed by atoms with Crippen molar-refractivity contribution in [3.63, 3.8) is 0 Å². The van der Waals surface area contributed by atoms with Gasteiger partial charge in [-0.15, -0.1) is 0 Å². The van der Waals surface area contributed by atoms with E-state index in [2.05, 4.69) is 25.0 Å². The highest BCUT2D eigenvalue weighted by atomic mass is 35.5. The van der Waals surface area contributed by atoms with Gasteiger partial charge < -0.3 is 26.9 Å². The second-order valence-corrected chi connectivity index (χ2v) is 5.97. The first-order valence-electron chi connectivity index (χ1n) is 6.93. The predicted octanol–water partition coefficient (Wildman–Crippen LogP) is 1.07. The second-order valence-electron chi connectivity index (χ2n) is 4.82. The summed E-state index contributed by atoms with van der Waals surface area (Å²) >= 11 is 7.24. The number of hydrogen-bond acceptors (Lipinski definition) is 9. The van der Waals surface area contributed by atoms with E-state index in [1.807, 2.05) is 0 Å². The molecule has 128 valence electrons. The first-order valence-corrected chi connectivity index (χ1v) is 8.09. The third-order valence-corrected chi connectivity index (χ3v) is 4.43. The van der Waals surface area contributed by atoms with Crippen molar-refractivity contribution >= 4 is 52.0 Å². The quantitative estimate of drug-likeness (QED) is 0.504. The molecule has 0 saturated heterocycles. The van der Waals surface area contributed by atoms with E-state index in [1.54, 1.807) is 6.92 Å². The molecular formula is C13H16ClN7O2S. The fraction of sp³-hybridized carbons (Fsp3) is 0.308. The molecule has 0 saturated carbocycles. The molecule has 24 heavy (non-hydrogen) atoms. The Kier molecular flexibility index (Phi) is 6.01. The van der Waals surface area contributed by atoms with Crippen LogP contribution in [0.15, 0.2) is 6.20 Å². The molecule has 0 aliphatic heterocycles. The van der Waals surface area contributed by atoms with Crippen LogP contribution >= 0.6 is 23.1 Å². The van der Waals surface area contributed by atoms with Gasteiger partial charge in [-0.2, -0.15) is 4.37 Å². The van der Waals surface area contributed by atoms with Crippen LogP contribution in [0.4, 0.5) is 16.6 Å². The molecule has 0 radical (unpaired) electrons. The number of aryl methyl sites for hydroxylation is 1. The minimum atomic E-state index is -0.747. The van der Waals surface area contributed by atoms with Gasteiger partial charge in [0.05, 0.1) is 23.0 Å². The number of halogens is 1. The summed E-state index contributed by atoms with van der Waals surface area (Å²) in [6, 6.07) is -0.509. The lowest BCUT2D eigenvalue weighted by molar-refractivity contribution is -0.108. The Morgan fingerprint density at radius 3 is 2.83 bits per heavy atom. The zero-order valence-electron chi connectivity index (χ0n) is 12.7. The maximum absolute atomic E-state index is 11.5. The van der Waals surface area contributed by atoms with E-state index >= 15 is 0 Å². The highest BCUT2D eigenvalue weighted by Gasteiger charge is 2.17. The fourth-order valence-electron chi connectivity index (χ4n) is 1.81. The molecule has 2 aromatic heterocycles. The minimum absolute atomic E-state index is 0.0517. The van der Waals surface area contributed by atoms with E-state index in [1.165, 1.54) is 6.20 Å². The van der Waals surface area contributed by atoms with Gasteiger partial charge in [-0.3, -0.25) is 4.79 Å². The van der Waals surface area contributed by atoms with Crippen LogP contribution in [0.25, 0.3) is 0 Å². The van der Waals surface area contributed by atoms with E-state index in [0.29, 0.717) is 34.5 Å². The number of carbonyl (C=O) groups is 2. The largest absolute Gasteiger partial charge is 0.364 e. The van der Waals surface area contributed by atoms with E-state index in [9.17, 15) is 9.59 Å². The van der Waals surface area contributed by atoms with Gasteiger partial charge in [0.15, 0.2) is 11.5 Å². The highest BCUT2D eigenvalue weighted by Crippen LogP contribution is 2.32. The minimum Gasteiger partial charge on any atom is -0.364 e. The Morgan fingerprint density at radius 1 is 1.54 bits per heavy atom. The van der Waals surface area contributed by atoms with Gasteiger partial charge in [0.25, 0.3) is 5.91 Å². The molecule has 0 spiro atoms. The number of nitrogens with two attached hydrogens (primary N) is 2. The van der Waals surface area contributed by atoms with Crippen molar-refractivity contribution in [1.82, 2.24) is 14.3 Å². The molecule has 2 aromatic rings. The van der Waals surface area contributed by atoms with Gasteiger partial charge in [-0.1, -0.05) is 11.6 Å². The summed E-state index contributed by atoms with van der Waals surface area (Å²) in [6.45, 7) is 2.09. The maximum Gasteiger partial charge on any atom is 0.271 e. The molecule has 9 nitrogen and oxygen atoms in total. The van der Waals surface area contributed by atoms with Crippen LogP contribution in [0.5, 0.6) is 0 Å². The van der Waals surface area contributed by atoms with Gasteiger partial charge in [0, 0.05) is 0 Å². The average molecular weight is 370 g/mol. The van der Waals surface area contributed by atoms with Gasteiger partial charge in [-0.25, -0.2) is 9.97 Å². The number of nitrogens with one attached hydrogen (secondary N) is 2. The molecule has 0 aliphatic carbocycles. The lowest BCUT2D eigenvalue weighted by Crippen LogP contribution is -2.25. The number of amides is 1. The number of primary amides is 1. The van der Waals surface area contributed by atoms with Crippen molar-refractivity contribution in [1.29, 1.82) is 0 Å². The van der Waals surface area contributed by atoms with Crippen LogP contribution < -0.4 is 22.1 Å². The van der Waals surface area contributed by atoms with Crippen molar-refractivity contribution in [3.05, 3.63) is 22.6 Å². The summed E-state index contributed by atoms with van der Waals surface area (Å²) in [6.07, 6.45) is 2.48. The molecule has 0 aliphatic rings. The number of carbonyl (C=O) groups excluding carboxylic acids is 2. The summed E-state index contributed by atoms with van der Waals surface area (Å²) in [7, 11) is 0. The Bertz CT molecular complexity index is 752. The number of aldehydes is 1. The lowest BCUT2D eigenvalue weighted by atomic mass is 10.2. The van der Waals surface area contributed by atoms with Crippen LogP contribution in [-0.4, -0.2) is 39.1 Å². The summed E-state index contributed by atoms with van der Waals surface area (Å²) in [5.41, 5.74) is 11.4. The van der Waals surface area contributed by atoms with E-state index in [-0.39, 0.29) is 11.5 Å². The van der Waals surface area contributed by atoms with E-state index < -0.39 is 11.9 Å².